The van der Waals surface area contributed by atoms with E-state index in [0.717, 1.165) is 108 Å². The topological polar surface area (TPSA) is 811 Å². The van der Waals surface area contributed by atoms with Gasteiger partial charge in [-0.25, -0.2) is 9.67 Å². The summed E-state index contributed by atoms with van der Waals surface area (Å²) in [5.74, 6) is 6.71. The number of benzene rings is 1. The molecule has 8 atom stereocenters. The zero-order valence-corrected chi connectivity index (χ0v) is 70.8. The van der Waals surface area contributed by atoms with Gasteiger partial charge in [-0.2, -0.15) is 15.5 Å². The molecule has 41 N–H and O–H groups in total. The number of aliphatic imine (C=N–C) groups is 8. The van der Waals surface area contributed by atoms with E-state index in [2.05, 4.69) is 123 Å². The number of hydrogen-bond acceptors (Lipinski definition) is 34. The van der Waals surface area contributed by atoms with E-state index in [0.29, 0.717) is 98.1 Å². The van der Waals surface area contributed by atoms with Crippen LogP contribution >= 0.6 is 58.6 Å². The van der Waals surface area contributed by atoms with Crippen molar-refractivity contribution in [3.05, 3.63) is 77.7 Å². The minimum Gasteiger partial charge on any atom is -0.388 e. The van der Waals surface area contributed by atoms with E-state index in [1.54, 1.807) is 75.2 Å². The Morgan fingerprint density at radius 2 is 1.30 bits per heavy atom. The number of alkyl halides is 1. The van der Waals surface area contributed by atoms with Gasteiger partial charge in [0.1, 0.15) is 5.82 Å². The molecule has 2 amide bonds. The molecule has 8 heterocycles. The van der Waals surface area contributed by atoms with Crippen molar-refractivity contribution < 1.29 is 9.59 Å². The summed E-state index contributed by atoms with van der Waals surface area (Å²) in [7, 11) is 1.54. The number of nitrogens with two attached hydrogens (primary N) is 17. The van der Waals surface area contributed by atoms with E-state index in [-0.39, 0.29) is 51.3 Å². The summed E-state index contributed by atoms with van der Waals surface area (Å²) in [6.45, 7) is 18.7. The van der Waals surface area contributed by atoms with E-state index >= 15 is 0 Å². The molecule has 10 rings (SSSR count). The van der Waals surface area contributed by atoms with Gasteiger partial charge in [0.05, 0.1) is 71.8 Å². The average Bonchev–Trinajstić information content (AvgIpc) is 1.60. The number of unbranched alkanes of at least 4 members (excludes halogenated alkanes) is 2. The lowest BCUT2D eigenvalue weighted by atomic mass is 9.99. The van der Waals surface area contributed by atoms with Gasteiger partial charge in [-0.05, 0) is 150 Å². The third kappa shape index (κ3) is 58.8. The maximum Gasteiger partial charge on any atom is 0.269 e. The van der Waals surface area contributed by atoms with E-state index in [9.17, 15) is 9.59 Å². The highest BCUT2D eigenvalue weighted by Crippen LogP contribution is 2.48. The summed E-state index contributed by atoms with van der Waals surface area (Å²) in [6, 6.07) is 13.1. The summed E-state index contributed by atoms with van der Waals surface area (Å²) in [4.78, 5) is 58.9. The Kier molecular flexibility index (Phi) is 60.8. The number of guanidine groups is 1. The predicted octanol–water partition coefficient (Wildman–Crippen LogP) is 1.13. The first-order valence-electron chi connectivity index (χ1n) is 35.9. The van der Waals surface area contributed by atoms with E-state index < -0.39 is 12.1 Å². The van der Waals surface area contributed by atoms with Crippen LogP contribution in [0.4, 0.5) is 17.7 Å². The van der Waals surface area contributed by atoms with Gasteiger partial charge in [0.2, 0.25) is 17.8 Å². The highest BCUT2D eigenvalue weighted by molar-refractivity contribution is 8.14. The summed E-state index contributed by atoms with van der Waals surface area (Å²) >= 11 is 11.8. The summed E-state index contributed by atoms with van der Waals surface area (Å²) in [5.41, 5.74) is 93.3. The zero-order valence-electron chi connectivity index (χ0n) is 66.8. The van der Waals surface area contributed by atoms with Crippen LogP contribution < -0.4 is 108 Å². The van der Waals surface area contributed by atoms with Crippen LogP contribution in [-0.4, -0.2) is 222 Å². The molecule has 0 spiro atoms. The minimum atomic E-state index is -0.591. The number of tetrazole rings is 2. The minimum absolute atomic E-state index is 0.0602. The van der Waals surface area contributed by atoms with Crippen LogP contribution in [0.5, 0.6) is 0 Å². The molecule has 5 aromatic rings. The van der Waals surface area contributed by atoms with E-state index in [1.807, 2.05) is 43.3 Å². The van der Waals surface area contributed by atoms with Crippen LogP contribution in [0, 0.1) is 35.0 Å². The number of anilines is 3. The summed E-state index contributed by atoms with van der Waals surface area (Å²) < 4.78 is 1.28. The molecule has 1 fully saturated rings. The fourth-order valence-corrected chi connectivity index (χ4v) is 11.0. The van der Waals surface area contributed by atoms with Crippen LogP contribution in [0.3, 0.4) is 0 Å². The Labute approximate surface area is 690 Å². The standard InChI is InChI=1S/C10H15N3.2C9H18N8O.C7H11ClN2.C6H12N2S.C6H8N2.C5H10N2.C4H6N4.C3H9N3S.C3H6N2S.C2H7N3.C2H6N2S/c1-8(12)13-7-10-4-2-3-9(5-10)6-11;2*1-6(10)12-5-3-2-4-7(11)8(18)13-9-14-16-17-15-9;1-3-2-4(9)10-7-5(3)6(7)8;1-3-5-4(2)8-6(7)9-5;1-5-2-3-8-6(7)4-5;6-5-3-1-2-4-7-5;5-4(6)8-3-1-2-7-8;4-1-2-7-3(5)6;4-3-5-1-2-6-3;2*1-5-2(3)4/h2-5H,6-7,11H2,1H3,(H2,12,13);2*7H,2-5,11H2,1H3,(H2,10,12)(H2,13,14,15,16,17,18);3,5-7H,2H2,1H3,(H2,9,10);4-5H,3H2,1-2H3,(H2,7,8);2-4H,1H3,(H2,7,8);1-4H2,(H2,6,7);1-3H,(H3,5,6);1-2,4H2,(H3,5,6);1-2H2,(H2,4,5);1H3,(H4,3,4,5);1H3,(H3,3,4)/t;7-;;3-,5-,6+,7-;4-,5-;;;;;;;/m.0.01......./s1. The van der Waals surface area contributed by atoms with Gasteiger partial charge in [0.15, 0.2) is 26.6 Å². The first-order valence-corrected chi connectivity index (χ1v) is 40.4. The van der Waals surface area contributed by atoms with Gasteiger partial charge in [-0.15, -0.1) is 21.8 Å². The van der Waals surface area contributed by atoms with Crippen LogP contribution in [0.1, 0.15) is 129 Å². The van der Waals surface area contributed by atoms with Crippen LogP contribution in [0.2, 0.25) is 0 Å². The Balaban J connectivity index is 0. The lowest BCUT2D eigenvalue weighted by molar-refractivity contribution is -0.118. The number of amidine groups is 9. The Bertz CT molecular complexity index is 3580. The second-order valence-corrected chi connectivity index (χ2v) is 29.3. The lowest BCUT2D eigenvalue weighted by Crippen LogP contribution is -2.35. The third-order valence-electron chi connectivity index (χ3n) is 14.4. The average molecular weight is 1690 g/mol. The van der Waals surface area contributed by atoms with Crippen LogP contribution in [-0.2, 0) is 22.7 Å². The largest absolute Gasteiger partial charge is 0.388 e. The fraction of sp³-hybridized carbons (Fsp3) is 0.561. The molecule has 114 heavy (non-hydrogen) atoms. The number of hydrogen-bond donors (Lipinski definition) is 24. The van der Waals surface area contributed by atoms with Crippen molar-refractivity contribution in [3.8, 4) is 0 Å². The number of aromatic amines is 2. The number of carbonyl (C=O) groups is 2. The van der Waals surface area contributed by atoms with Crippen molar-refractivity contribution in [2.75, 3.05) is 73.9 Å². The smallest absolute Gasteiger partial charge is 0.269 e. The van der Waals surface area contributed by atoms with Gasteiger partial charge in [-0.1, -0.05) is 95.4 Å². The Morgan fingerprint density at radius 1 is 0.737 bits per heavy atom. The number of nitrogens with one attached hydrogen (secondary N) is 7. The summed E-state index contributed by atoms with van der Waals surface area (Å²) in [5, 5.41) is 56.8. The number of pyridine rings is 1. The number of rotatable bonds is 20. The quantitative estimate of drug-likeness (QED) is 0.0225. The number of aryl methyl sites for hydroxylation is 1. The van der Waals surface area contributed by atoms with Crippen molar-refractivity contribution in [2.24, 2.45) is 144 Å². The second-order valence-electron chi connectivity index (χ2n) is 24.5. The number of halogens is 1. The van der Waals surface area contributed by atoms with Crippen LogP contribution in [0.25, 0.3) is 0 Å². The van der Waals surface area contributed by atoms with Crippen molar-refractivity contribution in [1.82, 2.24) is 56.0 Å². The molecule has 4 aliphatic heterocycles. The number of H-pyrrole nitrogens is 2. The zero-order chi connectivity index (χ0) is 86.3. The normalized spacial score (nSPS) is 17.6. The predicted molar refractivity (Wildman–Crippen MR) is 477 cm³/mol. The fourth-order valence-electron chi connectivity index (χ4n) is 8.63. The molecule has 1 unspecified atom stereocenters. The first kappa shape index (κ1) is 106. The van der Waals surface area contributed by atoms with Crippen molar-refractivity contribution >= 4 is 150 Å². The number of aromatic nitrogens is 11. The molecule has 0 saturated heterocycles. The van der Waals surface area contributed by atoms with Crippen molar-refractivity contribution in [3.63, 3.8) is 0 Å². The molecule has 48 heteroatoms. The van der Waals surface area contributed by atoms with Crippen LogP contribution in [0.15, 0.2) is 101 Å². The maximum absolute atomic E-state index is 11.6. The molecule has 1 aromatic carbocycles. The molecular formula is C66H126ClN41O2S4. The molecule has 43 nitrogen and oxygen atoms in total. The second kappa shape index (κ2) is 65.4. The molecule has 4 aromatic heterocycles. The number of thioether (sulfide) groups is 4. The molecule has 0 radical (unpaired) electrons. The highest BCUT2D eigenvalue weighted by Gasteiger charge is 2.54. The molecular weight excluding hydrogens is 1560 g/mol. The molecule has 5 aliphatic rings. The Hall–Kier alpha value is -10.0. The Morgan fingerprint density at radius 3 is 1.61 bits per heavy atom. The monoisotopic (exact) mass is 1690 g/mol. The van der Waals surface area contributed by atoms with Gasteiger partial charge in [0, 0.05) is 93.9 Å². The van der Waals surface area contributed by atoms with E-state index in [1.165, 1.54) is 48.1 Å². The number of fused-ring (bicyclic) bond motifs is 1. The van der Waals surface area contributed by atoms with Gasteiger partial charge < -0.3 is 97.5 Å². The number of nitrogen functional groups attached to an aromatic ring is 2. The third-order valence-corrected chi connectivity index (χ3v) is 18.4. The number of nitrogens with zero attached hydrogens (tertiary/aromatic N) is 17. The molecule has 1 saturated carbocycles. The lowest BCUT2D eigenvalue weighted by Gasteiger charge is -2.13. The molecule has 0 bridgehead atoms. The SMILES string of the molecule is CC(N)=NCCCCC(N)C(=O)Nc1nn[nH]n1.CC(N)=NCCCC[C@H](N)C(=O)Nc1nn[nH]n1.CC(N)=NCc1cccc(CN)c1.CC[C@H]1SC(N)=N[C@@H]1C.CN=C(N)N.CSC(=N)N.C[C@H]1CC(N)=N[C@@H]2[C@H](Cl)[C@@H]21.Cc1ccnc(N)c1.N=C(N)SCCN.N=C(N)n1cccn1.NC1=NCCCC1.NC1=NCCS1. The molecule has 1 aliphatic carbocycles. The van der Waals surface area contributed by atoms with Gasteiger partial charge >= 0.3 is 0 Å². The van der Waals surface area contributed by atoms with E-state index in [4.69, 9.17) is 125 Å². The molecule has 638 valence electrons. The van der Waals surface area contributed by atoms with Gasteiger partial charge in [0.25, 0.3) is 11.9 Å². The number of carbonyl (C=O) groups excluding carboxylic acids is 2. The highest BCUT2D eigenvalue weighted by atomic mass is 35.5. The van der Waals surface area contributed by atoms with Crippen molar-refractivity contribution in [2.45, 2.75) is 167 Å². The first-order chi connectivity index (χ1) is 54.0. The number of amides is 2. The maximum atomic E-state index is 11.6. The summed E-state index contributed by atoms with van der Waals surface area (Å²) in [6.07, 6.45) is 16.7. The van der Waals surface area contributed by atoms with Crippen molar-refractivity contribution in [1.29, 1.82) is 16.2 Å². The van der Waals surface area contributed by atoms with Gasteiger partial charge in [-0.3, -0.25) is 76.4 Å².